The molecule has 2 aliphatic rings. The molecular formula is C26H31N5OS. The van der Waals surface area contributed by atoms with Crippen molar-refractivity contribution in [2.45, 2.75) is 49.2 Å². The van der Waals surface area contributed by atoms with E-state index >= 15 is 0 Å². The minimum Gasteiger partial charge on any atom is -0.339 e. The Balaban J connectivity index is 1.20. The Kier molecular flexibility index (Phi) is 6.78. The summed E-state index contributed by atoms with van der Waals surface area (Å²) in [6, 6.07) is 21.0. The predicted octanol–water partition coefficient (Wildman–Crippen LogP) is 4.03. The molecular weight excluding hydrogens is 430 g/mol. The highest BCUT2D eigenvalue weighted by molar-refractivity contribution is 8.00. The van der Waals surface area contributed by atoms with Gasteiger partial charge in [0.25, 0.3) is 0 Å². The van der Waals surface area contributed by atoms with E-state index in [4.69, 9.17) is 0 Å². The van der Waals surface area contributed by atoms with Crippen LogP contribution in [0.5, 0.6) is 0 Å². The maximum atomic E-state index is 13.2. The molecule has 6 nitrogen and oxygen atoms in total. The molecule has 1 unspecified atom stereocenters. The molecule has 1 saturated heterocycles. The number of rotatable bonds is 8. The van der Waals surface area contributed by atoms with Gasteiger partial charge in [-0.1, -0.05) is 72.4 Å². The molecule has 7 heteroatoms. The molecule has 0 spiro atoms. The number of carbonyl (C=O) groups is 1. The Hall–Kier alpha value is -2.64. The Bertz CT molecular complexity index is 1060. The number of amides is 1. The number of piperazine rings is 1. The van der Waals surface area contributed by atoms with Crippen LogP contribution in [0.1, 0.15) is 42.6 Å². The van der Waals surface area contributed by atoms with Crippen LogP contribution in [0.2, 0.25) is 0 Å². The molecule has 1 aromatic heterocycles. The molecule has 33 heavy (non-hydrogen) atoms. The molecule has 0 bridgehead atoms. The fourth-order valence-corrected chi connectivity index (χ4v) is 5.32. The second-order valence-corrected chi connectivity index (χ2v) is 10.3. The maximum Gasteiger partial charge on any atom is 0.235 e. The molecule has 1 atom stereocenters. The Morgan fingerprint density at radius 2 is 1.52 bits per heavy atom. The van der Waals surface area contributed by atoms with Crippen LogP contribution in [0.15, 0.2) is 65.8 Å². The number of benzene rings is 2. The molecule has 172 valence electrons. The Labute approximate surface area is 200 Å². The summed E-state index contributed by atoms with van der Waals surface area (Å²) in [6.07, 6.45) is 2.36. The predicted molar refractivity (Wildman–Crippen MR) is 131 cm³/mol. The zero-order valence-electron chi connectivity index (χ0n) is 19.1. The monoisotopic (exact) mass is 461 g/mol. The molecule has 0 radical (unpaired) electrons. The number of nitrogens with zero attached hydrogens (tertiary/aromatic N) is 5. The van der Waals surface area contributed by atoms with E-state index in [9.17, 15) is 4.79 Å². The van der Waals surface area contributed by atoms with Gasteiger partial charge in [-0.25, -0.2) is 0 Å². The molecule has 1 saturated carbocycles. The van der Waals surface area contributed by atoms with Gasteiger partial charge in [-0.15, -0.1) is 10.2 Å². The molecule has 1 amide bonds. The average molecular weight is 462 g/mol. The average Bonchev–Trinajstić information content (AvgIpc) is 3.63. The van der Waals surface area contributed by atoms with E-state index in [0.29, 0.717) is 5.92 Å². The van der Waals surface area contributed by atoms with E-state index in [1.165, 1.54) is 24.0 Å². The van der Waals surface area contributed by atoms with Crippen LogP contribution < -0.4 is 0 Å². The lowest BCUT2D eigenvalue weighted by atomic mass is 10.2. The van der Waals surface area contributed by atoms with Crippen molar-refractivity contribution in [2.75, 3.05) is 26.2 Å². The first-order valence-electron chi connectivity index (χ1n) is 11.9. The molecule has 3 aromatic rings. The fraction of sp³-hybridized carbons (Fsp3) is 0.423. The van der Waals surface area contributed by atoms with Gasteiger partial charge in [0.1, 0.15) is 5.82 Å². The lowest BCUT2D eigenvalue weighted by molar-refractivity contribution is -0.132. The molecule has 2 heterocycles. The van der Waals surface area contributed by atoms with E-state index in [-0.39, 0.29) is 11.2 Å². The van der Waals surface area contributed by atoms with Gasteiger partial charge < -0.3 is 9.47 Å². The first-order valence-corrected chi connectivity index (χ1v) is 12.7. The SMILES string of the molecule is CC(Sc1nnc(C2CC2)n1Cc1ccccc1)C(=O)N1CCN(Cc2ccccc2)CC1. The van der Waals surface area contributed by atoms with Crippen molar-refractivity contribution in [3.8, 4) is 0 Å². The van der Waals surface area contributed by atoms with E-state index in [0.717, 1.165) is 50.2 Å². The Morgan fingerprint density at radius 3 is 2.12 bits per heavy atom. The topological polar surface area (TPSA) is 54.3 Å². The zero-order valence-corrected chi connectivity index (χ0v) is 20.0. The molecule has 5 rings (SSSR count). The van der Waals surface area contributed by atoms with Gasteiger partial charge in [0.05, 0.1) is 11.8 Å². The van der Waals surface area contributed by atoms with Gasteiger partial charge in [0.15, 0.2) is 5.16 Å². The van der Waals surface area contributed by atoms with Crippen molar-refractivity contribution >= 4 is 17.7 Å². The summed E-state index contributed by atoms with van der Waals surface area (Å²) in [5.74, 6) is 1.77. The minimum absolute atomic E-state index is 0.184. The van der Waals surface area contributed by atoms with E-state index in [1.807, 2.05) is 24.0 Å². The first-order chi connectivity index (χ1) is 16.2. The lowest BCUT2D eigenvalue weighted by Crippen LogP contribution is -2.50. The van der Waals surface area contributed by atoms with Crippen LogP contribution in [-0.4, -0.2) is 61.9 Å². The largest absolute Gasteiger partial charge is 0.339 e. The summed E-state index contributed by atoms with van der Waals surface area (Å²) in [5.41, 5.74) is 2.56. The highest BCUT2D eigenvalue weighted by atomic mass is 32.2. The van der Waals surface area contributed by atoms with Crippen molar-refractivity contribution in [3.05, 3.63) is 77.6 Å². The first kappa shape index (κ1) is 22.2. The van der Waals surface area contributed by atoms with Crippen LogP contribution in [0.4, 0.5) is 0 Å². The summed E-state index contributed by atoms with van der Waals surface area (Å²) in [5, 5.41) is 9.67. The highest BCUT2D eigenvalue weighted by Gasteiger charge is 2.32. The summed E-state index contributed by atoms with van der Waals surface area (Å²) in [4.78, 5) is 17.7. The second kappa shape index (κ2) is 10.1. The normalized spacial score (nSPS) is 17.8. The van der Waals surface area contributed by atoms with E-state index < -0.39 is 0 Å². The third-order valence-electron chi connectivity index (χ3n) is 6.43. The third kappa shape index (κ3) is 5.47. The molecule has 1 aliphatic carbocycles. The minimum atomic E-state index is -0.184. The number of hydrogen-bond donors (Lipinski definition) is 0. The second-order valence-electron chi connectivity index (χ2n) is 9.03. The van der Waals surface area contributed by atoms with Crippen molar-refractivity contribution in [1.29, 1.82) is 0 Å². The van der Waals surface area contributed by atoms with Gasteiger partial charge in [-0.3, -0.25) is 9.69 Å². The molecule has 0 N–H and O–H groups in total. The lowest BCUT2D eigenvalue weighted by Gasteiger charge is -2.35. The van der Waals surface area contributed by atoms with Crippen molar-refractivity contribution in [1.82, 2.24) is 24.6 Å². The van der Waals surface area contributed by atoms with Gasteiger partial charge in [-0.05, 0) is 30.9 Å². The third-order valence-corrected chi connectivity index (χ3v) is 7.50. The summed E-state index contributed by atoms with van der Waals surface area (Å²) in [7, 11) is 0. The Morgan fingerprint density at radius 1 is 0.909 bits per heavy atom. The summed E-state index contributed by atoms with van der Waals surface area (Å²) in [6.45, 7) is 7.08. The van der Waals surface area contributed by atoms with Crippen LogP contribution >= 0.6 is 11.8 Å². The van der Waals surface area contributed by atoms with Crippen LogP contribution in [0, 0.1) is 0 Å². The van der Waals surface area contributed by atoms with Crippen molar-refractivity contribution < 1.29 is 4.79 Å². The summed E-state index contributed by atoms with van der Waals surface area (Å²) < 4.78 is 2.22. The number of carbonyl (C=O) groups excluding carboxylic acids is 1. The molecule has 2 fully saturated rings. The summed E-state index contributed by atoms with van der Waals surface area (Å²) >= 11 is 1.55. The van der Waals surface area contributed by atoms with E-state index in [1.54, 1.807) is 11.8 Å². The van der Waals surface area contributed by atoms with Gasteiger partial charge in [-0.2, -0.15) is 0 Å². The highest BCUT2D eigenvalue weighted by Crippen LogP contribution is 2.40. The molecule has 1 aliphatic heterocycles. The standard InChI is InChI=1S/C26H31N5OS/c1-20(25(32)30-16-14-29(15-17-30)18-21-8-4-2-5-9-21)33-26-28-27-24(23-12-13-23)31(26)19-22-10-6-3-7-11-22/h2-11,20,23H,12-19H2,1H3. The van der Waals surface area contributed by atoms with Crippen molar-refractivity contribution in [2.24, 2.45) is 0 Å². The van der Waals surface area contributed by atoms with Crippen LogP contribution in [-0.2, 0) is 17.9 Å². The zero-order chi connectivity index (χ0) is 22.6. The van der Waals surface area contributed by atoms with Gasteiger partial charge >= 0.3 is 0 Å². The maximum absolute atomic E-state index is 13.2. The fourth-order valence-electron chi connectivity index (χ4n) is 4.38. The van der Waals surface area contributed by atoms with Crippen molar-refractivity contribution in [3.63, 3.8) is 0 Å². The van der Waals surface area contributed by atoms with Crippen LogP contribution in [0.3, 0.4) is 0 Å². The number of thioether (sulfide) groups is 1. The number of hydrogen-bond acceptors (Lipinski definition) is 5. The number of aromatic nitrogens is 3. The smallest absolute Gasteiger partial charge is 0.235 e. The van der Waals surface area contributed by atoms with E-state index in [2.05, 4.69) is 68.2 Å². The molecule has 2 aromatic carbocycles. The quantitative estimate of drug-likeness (QED) is 0.474. The van der Waals surface area contributed by atoms with Gasteiger partial charge in [0.2, 0.25) is 5.91 Å². The van der Waals surface area contributed by atoms with Gasteiger partial charge in [0, 0.05) is 38.6 Å². The van der Waals surface area contributed by atoms with Crippen LogP contribution in [0.25, 0.3) is 0 Å².